The van der Waals surface area contributed by atoms with Gasteiger partial charge in [-0.05, 0) is 50.1 Å². The number of halogens is 4. The highest BCUT2D eigenvalue weighted by Gasteiger charge is 2.45. The fourth-order valence-electron chi connectivity index (χ4n) is 4.74. The van der Waals surface area contributed by atoms with Crippen molar-refractivity contribution in [2.45, 2.75) is 46.1 Å². The first-order valence-electron chi connectivity index (χ1n) is 11.7. The Morgan fingerprint density at radius 2 is 2.03 bits per heavy atom. The third kappa shape index (κ3) is 5.90. The number of ether oxygens (including phenoxy) is 1. The number of carbonyl (C=O) groups is 1. The van der Waals surface area contributed by atoms with Crippen LogP contribution in [0.15, 0.2) is 35.3 Å². The molecule has 10 heteroatoms. The molecule has 0 N–H and O–H groups in total. The van der Waals surface area contributed by atoms with Gasteiger partial charge in [0, 0.05) is 39.1 Å². The van der Waals surface area contributed by atoms with E-state index < -0.39 is 24.0 Å². The Kier molecular flexibility index (Phi) is 7.71. The average Bonchev–Trinajstić information content (AvgIpc) is 3.05. The number of urea groups is 1. The molecule has 1 aromatic carbocycles. The van der Waals surface area contributed by atoms with E-state index in [9.17, 15) is 22.4 Å². The van der Waals surface area contributed by atoms with E-state index in [0.717, 1.165) is 12.1 Å². The van der Waals surface area contributed by atoms with Crippen molar-refractivity contribution in [1.29, 1.82) is 0 Å². The van der Waals surface area contributed by atoms with E-state index >= 15 is 0 Å². The van der Waals surface area contributed by atoms with Gasteiger partial charge >= 0.3 is 12.2 Å². The van der Waals surface area contributed by atoms with Crippen molar-refractivity contribution in [2.75, 3.05) is 45.2 Å². The van der Waals surface area contributed by atoms with Crippen molar-refractivity contribution in [1.82, 2.24) is 9.80 Å². The summed E-state index contributed by atoms with van der Waals surface area (Å²) in [6.45, 7) is 9.18. The number of likely N-dealkylation sites (tertiary alicyclic amines) is 1. The lowest BCUT2D eigenvalue weighted by atomic mass is 9.80. The molecule has 4 unspecified atom stereocenters. The van der Waals surface area contributed by atoms with E-state index in [1.165, 1.54) is 24.0 Å². The minimum absolute atomic E-state index is 0.0549. The van der Waals surface area contributed by atoms with Gasteiger partial charge in [0.05, 0.1) is 17.8 Å². The molecule has 1 aromatic rings. The molecule has 35 heavy (non-hydrogen) atoms. The summed E-state index contributed by atoms with van der Waals surface area (Å²) in [4.78, 5) is 23.0. The van der Waals surface area contributed by atoms with E-state index in [1.807, 2.05) is 11.9 Å². The second-order valence-electron chi connectivity index (χ2n) is 9.91. The third-order valence-corrected chi connectivity index (χ3v) is 6.81. The minimum Gasteiger partial charge on any atom is -0.487 e. The first kappa shape index (κ1) is 26.8. The molecular weight excluding hydrogens is 464 g/mol. The fraction of sp³-hybridized carbons (Fsp3) is 0.600. The molecule has 4 atom stereocenters. The lowest BCUT2D eigenvalue weighted by Crippen LogP contribution is -2.49. The fourth-order valence-corrected chi connectivity index (χ4v) is 4.74. The summed E-state index contributed by atoms with van der Waals surface area (Å²) < 4.78 is 58.4. The minimum atomic E-state index is -4.50. The third-order valence-electron chi connectivity index (χ3n) is 6.81. The molecule has 2 heterocycles. The zero-order valence-corrected chi connectivity index (χ0v) is 21.1. The Hall–Kier alpha value is -2.78. The molecule has 1 fully saturated rings. The second kappa shape index (κ2) is 10.1. The summed E-state index contributed by atoms with van der Waals surface area (Å²) in [6.07, 6.45) is -2.93. The first-order chi connectivity index (χ1) is 16.2. The molecule has 2 aliphatic heterocycles. The number of allylic oxidation sites excluding steroid dienone is 1. The van der Waals surface area contributed by atoms with Gasteiger partial charge < -0.3 is 14.5 Å². The van der Waals surface area contributed by atoms with Crippen LogP contribution in [0.4, 0.5) is 28.0 Å². The number of carbonyl (C=O) groups excluding carboxylic acids is 1. The summed E-state index contributed by atoms with van der Waals surface area (Å²) in [7, 11) is 3.53. The number of alkyl halides is 4. The van der Waals surface area contributed by atoms with Gasteiger partial charge in [-0.25, -0.2) is 9.18 Å². The van der Waals surface area contributed by atoms with Crippen LogP contribution < -0.4 is 9.64 Å². The van der Waals surface area contributed by atoms with Crippen LogP contribution in [0.2, 0.25) is 0 Å². The number of aliphatic imine (C=N–C) groups is 1. The topological polar surface area (TPSA) is 48.4 Å². The number of amides is 2. The van der Waals surface area contributed by atoms with E-state index in [2.05, 4.69) is 18.8 Å². The molecule has 0 radical (unpaired) electrons. The Bertz CT molecular complexity index is 994. The van der Waals surface area contributed by atoms with Gasteiger partial charge in [-0.2, -0.15) is 13.2 Å². The molecule has 0 spiro atoms. The molecule has 0 saturated carbocycles. The van der Waals surface area contributed by atoms with E-state index in [1.54, 1.807) is 24.9 Å². The van der Waals surface area contributed by atoms with Crippen LogP contribution >= 0.6 is 0 Å². The molecule has 194 valence electrons. The lowest BCUT2D eigenvalue weighted by molar-refractivity contribution is -0.137. The highest BCUT2D eigenvalue weighted by molar-refractivity contribution is 5.95. The number of hydrogen-bond acceptors (Lipinski definition) is 3. The zero-order chi connectivity index (χ0) is 26.1. The Morgan fingerprint density at radius 1 is 1.34 bits per heavy atom. The number of hydrogen-bond donors (Lipinski definition) is 0. The monoisotopic (exact) mass is 498 g/mol. The molecule has 6 nitrogen and oxygen atoms in total. The maximum atomic E-state index is 13.6. The van der Waals surface area contributed by atoms with Crippen LogP contribution in [0.5, 0.6) is 5.75 Å². The maximum Gasteiger partial charge on any atom is 0.416 e. The normalized spacial score (nSPS) is 26.1. The largest absolute Gasteiger partial charge is 0.487 e. The van der Waals surface area contributed by atoms with Gasteiger partial charge in [0.1, 0.15) is 23.9 Å². The van der Waals surface area contributed by atoms with E-state index in [0.29, 0.717) is 31.2 Å². The van der Waals surface area contributed by atoms with Crippen molar-refractivity contribution >= 4 is 17.6 Å². The number of nitrogens with zero attached hydrogens (tertiary/aromatic N) is 4. The molecule has 3 rings (SSSR count). The summed E-state index contributed by atoms with van der Waals surface area (Å²) >= 11 is 0. The highest BCUT2D eigenvalue weighted by Crippen LogP contribution is 2.41. The van der Waals surface area contributed by atoms with Gasteiger partial charge in [-0.3, -0.25) is 9.89 Å². The van der Waals surface area contributed by atoms with Gasteiger partial charge in [0.15, 0.2) is 0 Å². The highest BCUT2D eigenvalue weighted by atomic mass is 19.4. The van der Waals surface area contributed by atoms with Gasteiger partial charge in [-0.1, -0.05) is 13.8 Å². The average molecular weight is 499 g/mol. The van der Waals surface area contributed by atoms with Crippen molar-refractivity contribution < 1.29 is 27.1 Å². The molecule has 2 amide bonds. The van der Waals surface area contributed by atoms with Gasteiger partial charge in [-0.15, -0.1) is 0 Å². The second-order valence-corrected chi connectivity index (χ2v) is 9.91. The predicted molar refractivity (Wildman–Crippen MR) is 129 cm³/mol. The van der Waals surface area contributed by atoms with Gasteiger partial charge in [0.25, 0.3) is 0 Å². The first-order valence-corrected chi connectivity index (χ1v) is 11.7. The Labute approximate surface area is 204 Å². The van der Waals surface area contributed by atoms with E-state index in [4.69, 9.17) is 4.74 Å². The number of amidine groups is 1. The smallest absolute Gasteiger partial charge is 0.416 e. The molecule has 0 bridgehead atoms. The van der Waals surface area contributed by atoms with Crippen molar-refractivity contribution in [3.8, 4) is 5.75 Å². The van der Waals surface area contributed by atoms with Crippen LogP contribution in [0.25, 0.3) is 0 Å². The zero-order valence-electron chi connectivity index (χ0n) is 21.1. The SMILES string of the molecule is CN=C(/C=C\C(C)F)N(C)CC1(C)CN(C(=O)N2CC(C)Oc3cc(C(F)(F)F)ccc32)CC1C. The number of anilines is 1. The molecule has 2 aliphatic rings. The maximum absolute atomic E-state index is 13.6. The van der Waals surface area contributed by atoms with Gasteiger partial charge in [0.2, 0.25) is 0 Å². The summed E-state index contributed by atoms with van der Waals surface area (Å²) in [5.41, 5.74) is -0.741. The standard InChI is InChI=1S/C25H34F4N4O2/c1-16-12-32(15-24(16,4)14-31(6)22(30-5)10-7-17(2)26)23(34)33-13-18(3)35-21-11-19(25(27,28)29)8-9-20(21)33/h7-11,16-18H,12-15H2,1-6H3/b10-7-,30-22?. The summed E-state index contributed by atoms with van der Waals surface area (Å²) in [6, 6.07) is 2.97. The Balaban J connectivity index is 1.78. The molecule has 1 saturated heterocycles. The number of rotatable bonds is 4. The predicted octanol–water partition coefficient (Wildman–Crippen LogP) is 5.25. The van der Waals surface area contributed by atoms with Crippen LogP contribution in [0.1, 0.15) is 33.3 Å². The van der Waals surface area contributed by atoms with Crippen molar-refractivity contribution in [3.63, 3.8) is 0 Å². The quantitative estimate of drug-likeness (QED) is 0.324. The van der Waals surface area contributed by atoms with Crippen LogP contribution in [0, 0.1) is 11.3 Å². The Morgan fingerprint density at radius 3 is 2.63 bits per heavy atom. The van der Waals surface area contributed by atoms with Crippen molar-refractivity contribution in [2.24, 2.45) is 16.3 Å². The lowest BCUT2D eigenvalue weighted by Gasteiger charge is -2.37. The molecular formula is C25H34F4N4O2. The number of fused-ring (bicyclic) bond motifs is 1. The number of likely N-dealkylation sites (N-methyl/N-ethyl adjacent to an activating group) is 1. The van der Waals surface area contributed by atoms with Crippen LogP contribution in [-0.2, 0) is 6.18 Å². The van der Waals surface area contributed by atoms with Crippen LogP contribution in [0.3, 0.4) is 0 Å². The number of benzene rings is 1. The molecule has 0 aliphatic carbocycles. The molecule has 0 aromatic heterocycles. The summed E-state index contributed by atoms with van der Waals surface area (Å²) in [5.74, 6) is 0.852. The summed E-state index contributed by atoms with van der Waals surface area (Å²) in [5, 5.41) is 0. The van der Waals surface area contributed by atoms with Crippen LogP contribution in [-0.4, -0.2) is 74.2 Å². The van der Waals surface area contributed by atoms with E-state index in [-0.39, 0.29) is 29.7 Å². The van der Waals surface area contributed by atoms with Crippen molar-refractivity contribution in [3.05, 3.63) is 35.9 Å².